The van der Waals surface area contributed by atoms with Crippen molar-refractivity contribution < 1.29 is 4.79 Å². The Bertz CT molecular complexity index is 543. The summed E-state index contributed by atoms with van der Waals surface area (Å²) in [6, 6.07) is 5.98. The van der Waals surface area contributed by atoms with Gasteiger partial charge in [-0.1, -0.05) is 19.9 Å². The molecule has 0 aliphatic carbocycles. The lowest BCUT2D eigenvalue weighted by atomic mass is 10.1. The number of aromatic nitrogens is 2. The molecular weight excluding hydrogens is 214 g/mol. The van der Waals surface area contributed by atoms with E-state index >= 15 is 0 Å². The van der Waals surface area contributed by atoms with E-state index in [1.54, 1.807) is 0 Å². The SMILES string of the molecule is Cc1nc2ccc(CNC(=O)C(C)C)cc2[nH]1. The summed E-state index contributed by atoms with van der Waals surface area (Å²) in [5.74, 6) is 1.00. The number of fused-ring (bicyclic) bond motifs is 1. The van der Waals surface area contributed by atoms with Gasteiger partial charge in [0.05, 0.1) is 11.0 Å². The van der Waals surface area contributed by atoms with E-state index in [4.69, 9.17) is 0 Å². The van der Waals surface area contributed by atoms with Crippen LogP contribution in [0.4, 0.5) is 0 Å². The Morgan fingerprint density at radius 2 is 2.24 bits per heavy atom. The summed E-state index contributed by atoms with van der Waals surface area (Å²) in [4.78, 5) is 19.0. The maximum absolute atomic E-state index is 11.5. The van der Waals surface area contributed by atoms with Crippen molar-refractivity contribution >= 4 is 16.9 Å². The molecule has 0 fully saturated rings. The lowest BCUT2D eigenvalue weighted by Gasteiger charge is -2.07. The third-order valence-corrected chi connectivity index (χ3v) is 2.66. The first kappa shape index (κ1) is 11.6. The van der Waals surface area contributed by atoms with E-state index in [0.29, 0.717) is 6.54 Å². The fourth-order valence-electron chi connectivity index (χ4n) is 1.69. The Kier molecular flexibility index (Phi) is 3.13. The Hall–Kier alpha value is -1.84. The largest absolute Gasteiger partial charge is 0.352 e. The normalized spacial score (nSPS) is 11.1. The fraction of sp³-hybridized carbons (Fsp3) is 0.385. The first-order chi connectivity index (χ1) is 8.06. The zero-order chi connectivity index (χ0) is 12.4. The van der Waals surface area contributed by atoms with Gasteiger partial charge in [0.25, 0.3) is 0 Å². The zero-order valence-corrected chi connectivity index (χ0v) is 10.4. The van der Waals surface area contributed by atoms with Crippen molar-refractivity contribution in [3.63, 3.8) is 0 Å². The lowest BCUT2D eigenvalue weighted by Crippen LogP contribution is -2.27. The van der Waals surface area contributed by atoms with E-state index in [9.17, 15) is 4.79 Å². The number of amides is 1. The minimum absolute atomic E-state index is 0.0214. The van der Waals surface area contributed by atoms with Crippen molar-refractivity contribution in [1.82, 2.24) is 15.3 Å². The van der Waals surface area contributed by atoms with Gasteiger partial charge >= 0.3 is 0 Å². The average molecular weight is 231 g/mol. The van der Waals surface area contributed by atoms with Crippen LogP contribution in [0.2, 0.25) is 0 Å². The molecule has 90 valence electrons. The Balaban J connectivity index is 2.11. The van der Waals surface area contributed by atoms with E-state index < -0.39 is 0 Å². The number of benzene rings is 1. The monoisotopic (exact) mass is 231 g/mol. The van der Waals surface area contributed by atoms with Gasteiger partial charge in [0.2, 0.25) is 5.91 Å². The van der Waals surface area contributed by atoms with Crippen LogP contribution in [0.5, 0.6) is 0 Å². The summed E-state index contributed by atoms with van der Waals surface area (Å²) < 4.78 is 0. The summed E-state index contributed by atoms with van der Waals surface area (Å²) in [5, 5.41) is 2.90. The van der Waals surface area contributed by atoms with Crippen molar-refractivity contribution in [3.8, 4) is 0 Å². The van der Waals surface area contributed by atoms with Crippen molar-refractivity contribution in [2.75, 3.05) is 0 Å². The second-order valence-electron chi connectivity index (χ2n) is 4.55. The number of aryl methyl sites for hydroxylation is 1. The van der Waals surface area contributed by atoms with Gasteiger partial charge in [-0.25, -0.2) is 4.98 Å². The molecule has 4 nitrogen and oxygen atoms in total. The molecule has 0 unspecified atom stereocenters. The smallest absolute Gasteiger partial charge is 0.222 e. The topological polar surface area (TPSA) is 57.8 Å². The van der Waals surface area contributed by atoms with Gasteiger partial charge in [-0.3, -0.25) is 4.79 Å². The number of nitrogens with one attached hydrogen (secondary N) is 2. The van der Waals surface area contributed by atoms with E-state index in [1.165, 1.54) is 0 Å². The summed E-state index contributed by atoms with van der Waals surface area (Å²) >= 11 is 0. The molecule has 2 N–H and O–H groups in total. The summed E-state index contributed by atoms with van der Waals surface area (Å²) in [6.07, 6.45) is 0. The Morgan fingerprint density at radius 1 is 1.47 bits per heavy atom. The maximum Gasteiger partial charge on any atom is 0.222 e. The van der Waals surface area contributed by atoms with Crippen LogP contribution in [-0.2, 0) is 11.3 Å². The van der Waals surface area contributed by atoms with Crippen molar-refractivity contribution in [2.24, 2.45) is 5.92 Å². The molecule has 17 heavy (non-hydrogen) atoms. The maximum atomic E-state index is 11.5. The van der Waals surface area contributed by atoms with Crippen LogP contribution < -0.4 is 5.32 Å². The second kappa shape index (κ2) is 4.57. The van der Waals surface area contributed by atoms with Crippen LogP contribution in [0.25, 0.3) is 11.0 Å². The third kappa shape index (κ3) is 2.64. The minimum atomic E-state index is 0.0214. The summed E-state index contributed by atoms with van der Waals surface area (Å²) in [6.45, 7) is 6.26. The first-order valence-corrected chi connectivity index (χ1v) is 5.79. The highest BCUT2D eigenvalue weighted by atomic mass is 16.1. The van der Waals surface area contributed by atoms with Gasteiger partial charge in [-0.2, -0.15) is 0 Å². The van der Waals surface area contributed by atoms with E-state index in [-0.39, 0.29) is 11.8 Å². The molecule has 2 aromatic rings. The molecule has 0 saturated heterocycles. The van der Waals surface area contributed by atoms with Crippen molar-refractivity contribution in [1.29, 1.82) is 0 Å². The molecular formula is C13H17N3O. The Labute approximate surface area is 100 Å². The number of carbonyl (C=O) groups excluding carboxylic acids is 1. The quantitative estimate of drug-likeness (QED) is 0.850. The number of hydrogen-bond acceptors (Lipinski definition) is 2. The van der Waals surface area contributed by atoms with Gasteiger partial charge in [0, 0.05) is 12.5 Å². The molecule has 0 bridgehead atoms. The van der Waals surface area contributed by atoms with Crippen LogP contribution in [0.1, 0.15) is 25.2 Å². The number of hydrogen-bond donors (Lipinski definition) is 2. The van der Waals surface area contributed by atoms with Gasteiger partial charge in [0.1, 0.15) is 5.82 Å². The molecule has 1 aromatic carbocycles. The standard InChI is InChI=1S/C13H17N3O/c1-8(2)13(17)14-7-10-4-5-11-12(6-10)16-9(3)15-11/h4-6,8H,7H2,1-3H3,(H,14,17)(H,15,16). The molecule has 0 radical (unpaired) electrons. The second-order valence-corrected chi connectivity index (χ2v) is 4.55. The molecule has 1 amide bonds. The molecule has 1 heterocycles. The molecule has 1 aromatic heterocycles. The molecule has 2 rings (SSSR count). The third-order valence-electron chi connectivity index (χ3n) is 2.66. The molecule has 4 heteroatoms. The zero-order valence-electron chi connectivity index (χ0n) is 10.4. The predicted octanol–water partition coefficient (Wildman–Crippen LogP) is 2.14. The van der Waals surface area contributed by atoms with E-state index in [1.807, 2.05) is 39.0 Å². The van der Waals surface area contributed by atoms with Gasteiger partial charge in [-0.15, -0.1) is 0 Å². The van der Waals surface area contributed by atoms with Crippen molar-refractivity contribution in [2.45, 2.75) is 27.3 Å². The lowest BCUT2D eigenvalue weighted by molar-refractivity contribution is -0.124. The van der Waals surface area contributed by atoms with Crippen LogP contribution in [0.3, 0.4) is 0 Å². The molecule has 0 spiro atoms. The highest BCUT2D eigenvalue weighted by molar-refractivity contribution is 5.78. The number of H-pyrrole nitrogens is 1. The Morgan fingerprint density at radius 3 is 2.94 bits per heavy atom. The highest BCUT2D eigenvalue weighted by Gasteiger charge is 2.06. The van der Waals surface area contributed by atoms with E-state index in [0.717, 1.165) is 22.4 Å². The molecule has 0 aliphatic heterocycles. The minimum Gasteiger partial charge on any atom is -0.352 e. The number of carbonyl (C=O) groups is 1. The van der Waals surface area contributed by atoms with Crippen LogP contribution >= 0.6 is 0 Å². The number of rotatable bonds is 3. The van der Waals surface area contributed by atoms with E-state index in [2.05, 4.69) is 15.3 Å². The summed E-state index contributed by atoms with van der Waals surface area (Å²) in [7, 11) is 0. The average Bonchev–Trinajstić information content (AvgIpc) is 2.64. The van der Waals surface area contributed by atoms with Crippen LogP contribution in [0.15, 0.2) is 18.2 Å². The number of nitrogens with zero attached hydrogens (tertiary/aromatic N) is 1. The first-order valence-electron chi connectivity index (χ1n) is 5.79. The molecule has 0 aliphatic rings. The van der Waals surface area contributed by atoms with Crippen LogP contribution in [0, 0.1) is 12.8 Å². The van der Waals surface area contributed by atoms with Crippen LogP contribution in [-0.4, -0.2) is 15.9 Å². The van der Waals surface area contributed by atoms with Crippen molar-refractivity contribution in [3.05, 3.63) is 29.6 Å². The van der Waals surface area contributed by atoms with Gasteiger partial charge in [-0.05, 0) is 24.6 Å². The van der Waals surface area contributed by atoms with Gasteiger partial charge < -0.3 is 10.3 Å². The number of imidazole rings is 1. The predicted molar refractivity (Wildman–Crippen MR) is 67.5 cm³/mol. The number of aromatic amines is 1. The fourth-order valence-corrected chi connectivity index (χ4v) is 1.69. The molecule has 0 saturated carbocycles. The molecule has 0 atom stereocenters. The highest BCUT2D eigenvalue weighted by Crippen LogP contribution is 2.13. The summed E-state index contributed by atoms with van der Waals surface area (Å²) in [5.41, 5.74) is 3.05. The van der Waals surface area contributed by atoms with Gasteiger partial charge in [0.15, 0.2) is 0 Å².